The molecule has 3 aromatic carbocycles. The summed E-state index contributed by atoms with van der Waals surface area (Å²) in [4.78, 5) is 42.5. The summed E-state index contributed by atoms with van der Waals surface area (Å²) in [6.07, 6.45) is 2.88. The fourth-order valence-electron chi connectivity index (χ4n) is 6.47. The SMILES string of the molecule is CC[C@H](C(=O)N1CCCC[C@H]1C(=O)O[C@H](CCc1ccc(OC)c(OC)c1)c1cccc(OCC(=O)C(C)C)c1)c1cc(OC)c(OC)c(OC)c1. The summed E-state index contributed by atoms with van der Waals surface area (Å²) < 4.78 is 39.7. The van der Waals surface area contributed by atoms with Crippen molar-refractivity contribution in [2.45, 2.75) is 77.4 Å². The Morgan fingerprint density at radius 2 is 1.48 bits per heavy atom. The molecule has 11 nitrogen and oxygen atoms in total. The van der Waals surface area contributed by atoms with Crippen LogP contribution in [-0.2, 0) is 25.5 Å². The summed E-state index contributed by atoms with van der Waals surface area (Å²) in [6.45, 7) is 5.98. The molecule has 3 aromatic rings. The van der Waals surface area contributed by atoms with Crippen molar-refractivity contribution in [2.24, 2.45) is 5.92 Å². The normalized spacial score (nSPS) is 15.3. The molecule has 4 rings (SSSR count). The molecule has 0 N–H and O–H groups in total. The highest BCUT2D eigenvalue weighted by Gasteiger charge is 2.38. The van der Waals surface area contributed by atoms with Crippen LogP contribution in [-0.4, -0.2) is 77.3 Å². The Labute approximate surface area is 307 Å². The first-order valence-corrected chi connectivity index (χ1v) is 17.9. The van der Waals surface area contributed by atoms with Gasteiger partial charge >= 0.3 is 5.97 Å². The molecule has 52 heavy (non-hydrogen) atoms. The highest BCUT2D eigenvalue weighted by atomic mass is 16.5. The van der Waals surface area contributed by atoms with Crippen molar-refractivity contribution in [3.8, 4) is 34.5 Å². The van der Waals surface area contributed by atoms with E-state index in [-0.39, 0.29) is 24.2 Å². The van der Waals surface area contributed by atoms with Crippen LogP contribution in [0.25, 0.3) is 0 Å². The van der Waals surface area contributed by atoms with Crippen molar-refractivity contribution in [3.05, 3.63) is 71.3 Å². The lowest BCUT2D eigenvalue weighted by Gasteiger charge is -2.37. The zero-order chi connectivity index (χ0) is 37.8. The lowest BCUT2D eigenvalue weighted by molar-refractivity contribution is -0.162. The number of carbonyl (C=O) groups is 3. The minimum absolute atomic E-state index is 0.0131. The number of hydrogen-bond acceptors (Lipinski definition) is 10. The molecular weight excluding hydrogens is 666 g/mol. The molecule has 0 unspecified atom stereocenters. The predicted molar refractivity (Wildman–Crippen MR) is 197 cm³/mol. The molecule has 0 bridgehead atoms. The van der Waals surface area contributed by atoms with Gasteiger partial charge in [-0.25, -0.2) is 4.79 Å². The van der Waals surface area contributed by atoms with Crippen molar-refractivity contribution >= 4 is 17.7 Å². The van der Waals surface area contributed by atoms with Gasteiger partial charge in [-0.05, 0) is 91.6 Å². The van der Waals surface area contributed by atoms with E-state index in [1.807, 2.05) is 57.2 Å². The molecule has 0 radical (unpaired) electrons. The van der Waals surface area contributed by atoms with Gasteiger partial charge in [0.05, 0.1) is 41.5 Å². The number of ether oxygens (including phenoxy) is 7. The molecule has 1 aliphatic rings. The average Bonchev–Trinajstić information content (AvgIpc) is 3.17. The molecule has 1 fully saturated rings. The number of ketones is 1. The van der Waals surface area contributed by atoms with Crippen LogP contribution in [0.5, 0.6) is 34.5 Å². The number of benzene rings is 3. The Kier molecular flexibility index (Phi) is 14.6. The number of rotatable bonds is 18. The Morgan fingerprint density at radius 3 is 2.10 bits per heavy atom. The van der Waals surface area contributed by atoms with Crippen molar-refractivity contribution in [2.75, 3.05) is 48.7 Å². The molecule has 1 saturated heterocycles. The fourth-order valence-corrected chi connectivity index (χ4v) is 6.47. The van der Waals surface area contributed by atoms with Gasteiger partial charge < -0.3 is 38.1 Å². The molecule has 3 atom stereocenters. The largest absolute Gasteiger partial charge is 0.493 e. The van der Waals surface area contributed by atoms with Gasteiger partial charge in [0, 0.05) is 12.5 Å². The molecule has 1 heterocycles. The number of piperidine rings is 1. The maximum Gasteiger partial charge on any atom is 0.329 e. The van der Waals surface area contributed by atoms with Gasteiger partial charge in [-0.15, -0.1) is 0 Å². The van der Waals surface area contributed by atoms with Crippen LogP contribution in [0.15, 0.2) is 54.6 Å². The maximum atomic E-state index is 14.3. The number of likely N-dealkylation sites (tertiary alicyclic amines) is 1. The monoisotopic (exact) mass is 719 g/mol. The number of amides is 1. The minimum atomic E-state index is -0.760. The predicted octanol–water partition coefficient (Wildman–Crippen LogP) is 7.13. The third-order valence-corrected chi connectivity index (χ3v) is 9.51. The number of carbonyl (C=O) groups excluding carboxylic acids is 3. The van der Waals surface area contributed by atoms with E-state index in [1.54, 1.807) is 37.3 Å². The van der Waals surface area contributed by atoms with Crippen LogP contribution in [0.3, 0.4) is 0 Å². The fraction of sp³-hybridized carbons (Fsp3) is 0.488. The number of esters is 1. The molecule has 0 spiro atoms. The quantitative estimate of drug-likeness (QED) is 0.126. The lowest BCUT2D eigenvalue weighted by atomic mass is 9.91. The zero-order valence-electron chi connectivity index (χ0n) is 31.7. The molecule has 0 aromatic heterocycles. The summed E-state index contributed by atoms with van der Waals surface area (Å²) >= 11 is 0. The molecule has 1 amide bonds. The average molecular weight is 720 g/mol. The molecule has 0 saturated carbocycles. The second kappa shape index (κ2) is 19.1. The summed E-state index contributed by atoms with van der Waals surface area (Å²) in [6, 6.07) is 15.8. The number of aryl methyl sites for hydroxylation is 1. The Morgan fingerprint density at radius 1 is 0.788 bits per heavy atom. The van der Waals surface area contributed by atoms with Gasteiger partial charge in [-0.3, -0.25) is 9.59 Å². The van der Waals surface area contributed by atoms with Crippen LogP contribution in [0.2, 0.25) is 0 Å². The van der Waals surface area contributed by atoms with Crippen LogP contribution in [0.1, 0.15) is 81.6 Å². The van der Waals surface area contributed by atoms with E-state index in [1.165, 1.54) is 21.3 Å². The van der Waals surface area contributed by atoms with E-state index >= 15 is 0 Å². The maximum absolute atomic E-state index is 14.3. The van der Waals surface area contributed by atoms with Crippen LogP contribution in [0, 0.1) is 5.92 Å². The van der Waals surface area contributed by atoms with Gasteiger partial charge in [0.1, 0.15) is 24.5 Å². The van der Waals surface area contributed by atoms with E-state index in [9.17, 15) is 14.4 Å². The summed E-state index contributed by atoms with van der Waals surface area (Å²) in [7, 11) is 7.78. The van der Waals surface area contributed by atoms with Gasteiger partial charge in [0.2, 0.25) is 11.7 Å². The van der Waals surface area contributed by atoms with Crippen molar-refractivity contribution in [1.82, 2.24) is 4.90 Å². The van der Waals surface area contributed by atoms with Crippen molar-refractivity contribution in [3.63, 3.8) is 0 Å². The Balaban J connectivity index is 1.62. The molecule has 11 heteroatoms. The van der Waals surface area contributed by atoms with E-state index in [2.05, 4.69) is 0 Å². The van der Waals surface area contributed by atoms with E-state index < -0.39 is 24.0 Å². The number of methoxy groups -OCH3 is 5. The second-order valence-corrected chi connectivity index (χ2v) is 13.1. The Hall–Kier alpha value is -4.93. The highest BCUT2D eigenvalue weighted by molar-refractivity contribution is 5.89. The summed E-state index contributed by atoms with van der Waals surface area (Å²) in [5.41, 5.74) is 2.40. The van der Waals surface area contributed by atoms with E-state index in [0.29, 0.717) is 72.3 Å². The van der Waals surface area contributed by atoms with Crippen LogP contribution >= 0.6 is 0 Å². The van der Waals surface area contributed by atoms with Gasteiger partial charge in [0.15, 0.2) is 28.8 Å². The van der Waals surface area contributed by atoms with Gasteiger partial charge in [-0.2, -0.15) is 0 Å². The molecular formula is C41H53NO10. The molecule has 0 aliphatic carbocycles. The third-order valence-electron chi connectivity index (χ3n) is 9.51. The number of Topliss-reactive ketones (excluding diaryl/α,β-unsaturated/α-hetero) is 1. The smallest absolute Gasteiger partial charge is 0.329 e. The number of hydrogen-bond donors (Lipinski definition) is 0. The summed E-state index contributed by atoms with van der Waals surface area (Å²) in [5, 5.41) is 0. The molecule has 282 valence electrons. The second-order valence-electron chi connectivity index (χ2n) is 13.1. The van der Waals surface area contributed by atoms with E-state index in [0.717, 1.165) is 24.0 Å². The minimum Gasteiger partial charge on any atom is -0.493 e. The summed E-state index contributed by atoms with van der Waals surface area (Å²) in [5.74, 6) is 1.73. The van der Waals surface area contributed by atoms with Gasteiger partial charge in [0.25, 0.3) is 0 Å². The van der Waals surface area contributed by atoms with Crippen LogP contribution in [0.4, 0.5) is 0 Å². The van der Waals surface area contributed by atoms with E-state index in [4.69, 9.17) is 33.2 Å². The van der Waals surface area contributed by atoms with Gasteiger partial charge in [-0.1, -0.05) is 39.0 Å². The lowest BCUT2D eigenvalue weighted by Crippen LogP contribution is -2.50. The van der Waals surface area contributed by atoms with Crippen molar-refractivity contribution in [1.29, 1.82) is 0 Å². The topological polar surface area (TPSA) is 119 Å². The molecule has 1 aliphatic heterocycles. The highest BCUT2D eigenvalue weighted by Crippen LogP contribution is 2.41. The first kappa shape index (κ1) is 39.8. The zero-order valence-corrected chi connectivity index (χ0v) is 31.7. The Bertz CT molecular complexity index is 1650. The number of nitrogens with zero attached hydrogens (tertiary/aromatic N) is 1. The van der Waals surface area contributed by atoms with Crippen LogP contribution < -0.4 is 28.4 Å². The standard InChI is InChI=1S/C41H53NO10/c1-9-31(29-23-37(48-6)39(50-8)38(24-29)49-7)40(44)42-20-11-10-15-32(42)41(45)52-34(18-16-27-17-19-35(46-4)36(21-27)47-5)28-13-12-14-30(22-28)51-25-33(43)26(2)3/h12-14,17,19,21-24,26,31-32,34H,9-11,15-16,18,20,25H2,1-8H3/t31-,32-,34+/m0/s1. The van der Waals surface area contributed by atoms with Crippen molar-refractivity contribution < 1.29 is 47.5 Å². The first-order chi connectivity index (χ1) is 25.1. The third kappa shape index (κ3) is 9.68. The first-order valence-electron chi connectivity index (χ1n) is 17.9.